The van der Waals surface area contributed by atoms with Gasteiger partial charge in [0.2, 0.25) is 11.0 Å². The van der Waals surface area contributed by atoms with Gasteiger partial charge in [-0.05, 0) is 24.6 Å². The van der Waals surface area contributed by atoms with Gasteiger partial charge in [0, 0.05) is 6.42 Å². The number of esters is 1. The summed E-state index contributed by atoms with van der Waals surface area (Å²) in [4.78, 5) is 23.0. The van der Waals surface area contributed by atoms with E-state index in [9.17, 15) is 18.0 Å². The van der Waals surface area contributed by atoms with E-state index in [4.69, 9.17) is 0 Å². The molecule has 2 rings (SSSR count). The molecule has 0 saturated carbocycles. The molecule has 0 unspecified atom stereocenters. The lowest BCUT2D eigenvalue weighted by Crippen LogP contribution is -2.15. The lowest BCUT2D eigenvalue weighted by atomic mass is 10.1. The van der Waals surface area contributed by atoms with Gasteiger partial charge in [0.25, 0.3) is 14.4 Å². The van der Waals surface area contributed by atoms with Gasteiger partial charge >= 0.3 is 5.97 Å². The van der Waals surface area contributed by atoms with Gasteiger partial charge in [-0.1, -0.05) is 24.3 Å². The van der Waals surface area contributed by atoms with E-state index < -0.39 is 16.0 Å². The second-order valence-corrected chi connectivity index (χ2v) is 7.68. The molecular formula is C14H16N4O5S2. The van der Waals surface area contributed by atoms with E-state index in [1.165, 1.54) is 25.3 Å². The Morgan fingerprint density at radius 1 is 1.28 bits per heavy atom. The van der Waals surface area contributed by atoms with E-state index >= 15 is 0 Å². The summed E-state index contributed by atoms with van der Waals surface area (Å²) in [5, 5.41) is 9.76. The number of benzene rings is 1. The molecular weight excluding hydrogens is 368 g/mol. The average Bonchev–Trinajstić information content (AvgIpc) is 3.05. The van der Waals surface area contributed by atoms with Crippen molar-refractivity contribution in [1.29, 1.82) is 0 Å². The van der Waals surface area contributed by atoms with Crippen LogP contribution >= 0.6 is 11.3 Å². The molecule has 11 heteroatoms. The van der Waals surface area contributed by atoms with Crippen LogP contribution in [0.15, 0.2) is 22.5 Å². The predicted octanol–water partition coefficient (Wildman–Crippen LogP) is 1.78. The van der Waals surface area contributed by atoms with Gasteiger partial charge in [-0.2, -0.15) is 8.42 Å². The van der Waals surface area contributed by atoms with E-state index in [0.717, 1.165) is 11.3 Å². The first kappa shape index (κ1) is 18.8. The molecule has 1 amide bonds. The second kappa shape index (κ2) is 7.57. The summed E-state index contributed by atoms with van der Waals surface area (Å²) in [5.41, 5.74) is 0.884. The van der Waals surface area contributed by atoms with Crippen LogP contribution in [0.2, 0.25) is 0 Å². The molecule has 1 aromatic carbocycles. The molecule has 0 aliphatic rings. The minimum atomic E-state index is -4.02. The SMILES string of the molecule is CCC(=O)Nc1nnc(S(=O)(=O)Nc2cccc(C(=O)OC)c2C)s1. The first-order valence-electron chi connectivity index (χ1n) is 7.12. The van der Waals surface area contributed by atoms with Crippen LogP contribution in [-0.4, -0.2) is 37.6 Å². The molecule has 0 aliphatic carbocycles. The van der Waals surface area contributed by atoms with Gasteiger partial charge in [0.1, 0.15) is 0 Å². The number of carbonyl (C=O) groups is 2. The van der Waals surface area contributed by atoms with Crippen LogP contribution in [0.25, 0.3) is 0 Å². The van der Waals surface area contributed by atoms with Crippen molar-refractivity contribution in [2.75, 3.05) is 17.1 Å². The van der Waals surface area contributed by atoms with Crippen molar-refractivity contribution in [3.63, 3.8) is 0 Å². The van der Waals surface area contributed by atoms with Crippen molar-refractivity contribution >= 4 is 44.1 Å². The number of aromatic nitrogens is 2. The van der Waals surface area contributed by atoms with Crippen LogP contribution < -0.4 is 10.0 Å². The Balaban J connectivity index is 2.28. The number of nitrogens with zero attached hydrogens (tertiary/aromatic N) is 2. The summed E-state index contributed by atoms with van der Waals surface area (Å²) in [7, 11) is -2.77. The monoisotopic (exact) mass is 384 g/mol. The average molecular weight is 384 g/mol. The van der Waals surface area contributed by atoms with Crippen molar-refractivity contribution in [1.82, 2.24) is 10.2 Å². The number of amides is 1. The number of ether oxygens (including phenoxy) is 1. The Bertz CT molecular complexity index is 908. The highest BCUT2D eigenvalue weighted by atomic mass is 32.2. The van der Waals surface area contributed by atoms with E-state index in [1.807, 2.05) is 0 Å². The van der Waals surface area contributed by atoms with E-state index in [1.54, 1.807) is 13.8 Å². The number of carbonyl (C=O) groups excluding carboxylic acids is 2. The van der Waals surface area contributed by atoms with Crippen LogP contribution in [-0.2, 0) is 19.6 Å². The molecule has 9 nitrogen and oxygen atoms in total. The third-order valence-electron chi connectivity index (χ3n) is 3.19. The molecule has 0 bridgehead atoms. The van der Waals surface area contributed by atoms with Gasteiger partial charge < -0.3 is 10.1 Å². The summed E-state index contributed by atoms with van der Waals surface area (Å²) in [6.45, 7) is 3.25. The zero-order valence-electron chi connectivity index (χ0n) is 13.7. The maximum Gasteiger partial charge on any atom is 0.338 e. The molecule has 0 atom stereocenters. The lowest BCUT2D eigenvalue weighted by Gasteiger charge is -2.11. The van der Waals surface area contributed by atoms with Crippen molar-refractivity contribution in [3.8, 4) is 0 Å². The topological polar surface area (TPSA) is 127 Å². The molecule has 0 spiro atoms. The first-order valence-corrected chi connectivity index (χ1v) is 9.42. The van der Waals surface area contributed by atoms with Crippen LogP contribution in [0.1, 0.15) is 29.3 Å². The minimum absolute atomic E-state index is 0.0901. The first-order chi connectivity index (χ1) is 11.8. The Kier molecular flexibility index (Phi) is 5.69. The highest BCUT2D eigenvalue weighted by molar-refractivity contribution is 7.94. The Morgan fingerprint density at radius 3 is 2.64 bits per heavy atom. The number of hydrogen-bond acceptors (Lipinski definition) is 8. The van der Waals surface area contributed by atoms with Crippen LogP contribution in [0.3, 0.4) is 0 Å². The zero-order valence-corrected chi connectivity index (χ0v) is 15.3. The highest BCUT2D eigenvalue weighted by Crippen LogP contribution is 2.25. The maximum absolute atomic E-state index is 12.4. The van der Waals surface area contributed by atoms with E-state index in [0.29, 0.717) is 5.56 Å². The number of anilines is 2. The molecule has 0 fully saturated rings. The van der Waals surface area contributed by atoms with Gasteiger partial charge in [-0.3, -0.25) is 9.52 Å². The highest BCUT2D eigenvalue weighted by Gasteiger charge is 2.23. The number of methoxy groups -OCH3 is 1. The fourth-order valence-electron chi connectivity index (χ4n) is 1.84. The van der Waals surface area contributed by atoms with E-state index in [-0.39, 0.29) is 33.1 Å². The second-order valence-electron chi connectivity index (χ2n) is 4.85. The van der Waals surface area contributed by atoms with Gasteiger partial charge in [0.05, 0.1) is 18.4 Å². The quantitative estimate of drug-likeness (QED) is 0.574. The summed E-state index contributed by atoms with van der Waals surface area (Å²) < 4.78 is 31.6. The molecule has 2 N–H and O–H groups in total. The van der Waals surface area contributed by atoms with Gasteiger partial charge in [-0.15, -0.1) is 10.2 Å². The predicted molar refractivity (Wildman–Crippen MR) is 92.2 cm³/mol. The smallest absolute Gasteiger partial charge is 0.338 e. The van der Waals surface area contributed by atoms with Crippen molar-refractivity contribution < 1.29 is 22.7 Å². The molecule has 0 saturated heterocycles. The van der Waals surface area contributed by atoms with Crippen molar-refractivity contribution in [2.24, 2.45) is 0 Å². The van der Waals surface area contributed by atoms with Crippen molar-refractivity contribution in [3.05, 3.63) is 29.3 Å². The Morgan fingerprint density at radius 2 is 2.00 bits per heavy atom. The number of sulfonamides is 1. The number of rotatable bonds is 6. The third kappa shape index (κ3) is 4.31. The summed E-state index contributed by atoms with van der Waals surface area (Å²) in [6, 6.07) is 4.58. The Hall–Kier alpha value is -2.53. The van der Waals surface area contributed by atoms with Crippen LogP contribution in [0, 0.1) is 6.92 Å². The van der Waals surface area contributed by atoms with Crippen molar-refractivity contribution in [2.45, 2.75) is 24.6 Å². The lowest BCUT2D eigenvalue weighted by molar-refractivity contribution is -0.115. The standard InChI is InChI=1S/C14H16N4O5S2/c1-4-11(19)15-13-16-17-14(24-13)25(21,22)18-10-7-5-6-9(8(10)2)12(20)23-3/h5-7,18H,4H2,1-3H3,(H,15,16,19). The van der Waals surface area contributed by atoms with Crippen LogP contribution in [0.5, 0.6) is 0 Å². The largest absolute Gasteiger partial charge is 0.465 e. The molecule has 2 aromatic rings. The summed E-state index contributed by atoms with van der Waals surface area (Å²) in [5.74, 6) is -0.867. The molecule has 0 radical (unpaired) electrons. The minimum Gasteiger partial charge on any atom is -0.465 e. The van der Waals surface area contributed by atoms with Gasteiger partial charge in [0.15, 0.2) is 0 Å². The molecule has 1 aromatic heterocycles. The zero-order chi connectivity index (χ0) is 18.6. The number of hydrogen-bond donors (Lipinski definition) is 2. The molecule has 25 heavy (non-hydrogen) atoms. The third-order valence-corrected chi connectivity index (χ3v) is 5.76. The van der Waals surface area contributed by atoms with Crippen LogP contribution in [0.4, 0.5) is 10.8 Å². The van der Waals surface area contributed by atoms with E-state index in [2.05, 4.69) is 25.0 Å². The molecule has 134 valence electrons. The Labute approximate surface area is 148 Å². The number of nitrogens with one attached hydrogen (secondary N) is 2. The fourth-order valence-corrected chi connectivity index (χ4v) is 3.88. The molecule has 1 heterocycles. The fraction of sp³-hybridized carbons (Fsp3) is 0.286. The molecule has 0 aliphatic heterocycles. The summed E-state index contributed by atoms with van der Waals surface area (Å²) in [6.07, 6.45) is 0.236. The summed E-state index contributed by atoms with van der Waals surface area (Å²) >= 11 is 0.727. The van der Waals surface area contributed by atoms with Gasteiger partial charge in [-0.25, -0.2) is 4.79 Å². The normalized spacial score (nSPS) is 11.0. The maximum atomic E-state index is 12.4.